The van der Waals surface area contributed by atoms with E-state index in [0.29, 0.717) is 13.7 Å². The molecule has 134 valence electrons. The van der Waals surface area contributed by atoms with Gasteiger partial charge in [-0.15, -0.1) is 11.3 Å². The van der Waals surface area contributed by atoms with Crippen LogP contribution in [0.15, 0.2) is 8.68 Å². The van der Waals surface area contributed by atoms with E-state index in [1.165, 1.54) is 13.8 Å². The van der Waals surface area contributed by atoms with Gasteiger partial charge in [-0.3, -0.25) is 5.32 Å². The quantitative estimate of drug-likeness (QED) is 0.713. The van der Waals surface area contributed by atoms with Crippen molar-refractivity contribution in [1.29, 1.82) is 0 Å². The molecule has 2 heterocycles. The molecule has 1 N–H and O–H groups in total. The Kier molecular flexibility index (Phi) is 4.56. The topological polar surface area (TPSA) is 92.8 Å². The molecular weight excluding hydrogens is 420 g/mol. The number of esters is 1. The Morgan fingerprint density at radius 1 is 1.25 bits per heavy atom. The maximum absolute atomic E-state index is 13.0. The summed E-state index contributed by atoms with van der Waals surface area (Å²) in [7, 11) is -4.20. The van der Waals surface area contributed by atoms with Crippen LogP contribution in [-0.4, -0.2) is 35.9 Å². The molecule has 7 nitrogen and oxygen atoms in total. The zero-order chi connectivity index (χ0) is 18.7. The van der Waals surface area contributed by atoms with Gasteiger partial charge in [0.25, 0.3) is 10.0 Å². The van der Waals surface area contributed by atoms with Crippen molar-refractivity contribution in [2.45, 2.75) is 57.6 Å². The number of ether oxygens (including phenoxy) is 1. The summed E-state index contributed by atoms with van der Waals surface area (Å²) in [6.07, 6.45) is 0. The fourth-order valence-corrected chi connectivity index (χ4v) is 6.29. The SMILES string of the molecule is Cc1c(Br)sc2c1S(=O)(=O)N(C(C)(C)C(=O)OC(C)(C)C)C(=O)N2. The van der Waals surface area contributed by atoms with E-state index in [9.17, 15) is 18.0 Å². The highest BCUT2D eigenvalue weighted by molar-refractivity contribution is 9.11. The third kappa shape index (κ3) is 3.06. The zero-order valence-electron chi connectivity index (χ0n) is 14.2. The summed E-state index contributed by atoms with van der Waals surface area (Å²) in [5.74, 6) is -0.802. The fraction of sp³-hybridized carbons (Fsp3) is 0.571. The number of carbonyl (C=O) groups is 2. The second-order valence-corrected chi connectivity index (χ2v) is 11.0. The van der Waals surface area contributed by atoms with Gasteiger partial charge < -0.3 is 4.74 Å². The molecule has 10 heteroatoms. The van der Waals surface area contributed by atoms with Crippen molar-refractivity contribution in [3.05, 3.63) is 9.35 Å². The van der Waals surface area contributed by atoms with Gasteiger partial charge in [0, 0.05) is 0 Å². The maximum Gasteiger partial charge on any atom is 0.337 e. The molecule has 1 aromatic rings. The molecule has 0 saturated heterocycles. The van der Waals surface area contributed by atoms with E-state index in [1.54, 1.807) is 27.7 Å². The molecule has 0 aromatic carbocycles. The Morgan fingerprint density at radius 3 is 2.29 bits per heavy atom. The minimum Gasteiger partial charge on any atom is -0.458 e. The first kappa shape index (κ1) is 19.2. The molecule has 1 aliphatic heterocycles. The molecule has 0 spiro atoms. The average Bonchev–Trinajstić information content (AvgIpc) is 2.61. The normalized spacial score (nSPS) is 17.3. The number of carbonyl (C=O) groups excluding carboxylic acids is 2. The van der Waals surface area contributed by atoms with Gasteiger partial charge in [0.1, 0.15) is 15.5 Å². The van der Waals surface area contributed by atoms with Gasteiger partial charge in [-0.25, -0.2) is 18.0 Å². The van der Waals surface area contributed by atoms with Crippen molar-refractivity contribution in [1.82, 2.24) is 4.31 Å². The molecule has 0 atom stereocenters. The second kappa shape index (κ2) is 5.70. The lowest BCUT2D eigenvalue weighted by Crippen LogP contribution is -2.59. The van der Waals surface area contributed by atoms with Gasteiger partial charge in [0.2, 0.25) is 0 Å². The van der Waals surface area contributed by atoms with Crippen LogP contribution in [0.3, 0.4) is 0 Å². The van der Waals surface area contributed by atoms with Crippen molar-refractivity contribution < 1.29 is 22.7 Å². The van der Waals surface area contributed by atoms with Crippen LogP contribution in [0.2, 0.25) is 0 Å². The summed E-state index contributed by atoms with van der Waals surface area (Å²) in [6, 6.07) is -0.882. The number of rotatable bonds is 2. The number of anilines is 1. The molecule has 0 unspecified atom stereocenters. The van der Waals surface area contributed by atoms with E-state index in [1.807, 2.05) is 0 Å². The fourth-order valence-electron chi connectivity index (χ4n) is 2.25. The number of amides is 2. The van der Waals surface area contributed by atoms with Gasteiger partial charge in [0.05, 0.1) is 3.79 Å². The van der Waals surface area contributed by atoms with Crippen molar-refractivity contribution in [2.75, 3.05) is 5.32 Å². The molecule has 0 bridgehead atoms. The predicted octanol–water partition coefficient (Wildman–Crippen LogP) is 3.48. The van der Waals surface area contributed by atoms with Crippen LogP contribution in [0.5, 0.6) is 0 Å². The van der Waals surface area contributed by atoms with Crippen LogP contribution < -0.4 is 5.32 Å². The van der Waals surface area contributed by atoms with Crippen LogP contribution in [0.1, 0.15) is 40.2 Å². The highest BCUT2D eigenvalue weighted by atomic mass is 79.9. The lowest BCUT2D eigenvalue weighted by molar-refractivity contribution is -0.163. The molecule has 0 saturated carbocycles. The summed E-state index contributed by atoms with van der Waals surface area (Å²) in [6.45, 7) is 9.34. The number of fused-ring (bicyclic) bond motifs is 1. The molecule has 2 rings (SSSR count). The predicted molar refractivity (Wildman–Crippen MR) is 94.7 cm³/mol. The number of urea groups is 1. The zero-order valence-corrected chi connectivity index (χ0v) is 17.4. The van der Waals surface area contributed by atoms with E-state index in [0.717, 1.165) is 11.3 Å². The Balaban J connectivity index is 2.56. The molecule has 0 aliphatic carbocycles. The van der Waals surface area contributed by atoms with E-state index in [-0.39, 0.29) is 9.90 Å². The molecule has 0 fully saturated rings. The lowest BCUT2D eigenvalue weighted by atomic mass is 10.1. The first-order valence-corrected chi connectivity index (χ1v) is 10.1. The van der Waals surface area contributed by atoms with Gasteiger partial charge in [-0.05, 0) is 63.0 Å². The molecule has 24 heavy (non-hydrogen) atoms. The number of hydrogen-bond donors (Lipinski definition) is 1. The van der Waals surface area contributed by atoms with Gasteiger partial charge in [-0.2, -0.15) is 4.31 Å². The number of nitrogens with one attached hydrogen (secondary N) is 1. The van der Waals surface area contributed by atoms with E-state index in [2.05, 4.69) is 21.2 Å². The third-order valence-electron chi connectivity index (χ3n) is 3.34. The number of thiophene rings is 1. The Labute approximate surface area is 153 Å². The van der Waals surface area contributed by atoms with Crippen LogP contribution in [0, 0.1) is 6.92 Å². The van der Waals surface area contributed by atoms with Gasteiger partial charge in [0.15, 0.2) is 5.54 Å². The monoisotopic (exact) mass is 438 g/mol. The Hall–Kier alpha value is -1.13. The van der Waals surface area contributed by atoms with Crippen molar-refractivity contribution in [3.8, 4) is 0 Å². The van der Waals surface area contributed by atoms with E-state index >= 15 is 0 Å². The highest BCUT2D eigenvalue weighted by Gasteiger charge is 2.52. The molecule has 1 aromatic heterocycles. The number of nitrogens with zero attached hydrogens (tertiary/aromatic N) is 1. The van der Waals surface area contributed by atoms with E-state index < -0.39 is 33.2 Å². The van der Waals surface area contributed by atoms with Crippen LogP contribution >= 0.6 is 27.3 Å². The number of sulfonamides is 1. The van der Waals surface area contributed by atoms with Crippen molar-refractivity contribution in [3.63, 3.8) is 0 Å². The van der Waals surface area contributed by atoms with Crippen LogP contribution in [0.25, 0.3) is 0 Å². The van der Waals surface area contributed by atoms with Crippen LogP contribution in [-0.2, 0) is 19.6 Å². The summed E-state index contributed by atoms with van der Waals surface area (Å²) in [5.41, 5.74) is -2.02. The average molecular weight is 439 g/mol. The smallest absolute Gasteiger partial charge is 0.337 e. The Morgan fingerprint density at radius 2 is 1.79 bits per heavy atom. The lowest BCUT2D eigenvalue weighted by Gasteiger charge is -2.38. The molecule has 2 amide bonds. The van der Waals surface area contributed by atoms with Crippen molar-refractivity contribution in [2.24, 2.45) is 0 Å². The minimum atomic E-state index is -4.20. The number of halogens is 1. The molecule has 1 aliphatic rings. The first-order valence-electron chi connectivity index (χ1n) is 7.08. The standard InChI is InChI=1S/C14H19BrN2O5S2/c1-7-8-10(23-9(7)15)16-12(19)17(24(8,20)21)14(5,6)11(18)22-13(2,3)4/h1-6H3,(H,16,19). The largest absolute Gasteiger partial charge is 0.458 e. The molecular formula is C14H19BrN2O5S2. The van der Waals surface area contributed by atoms with Gasteiger partial charge in [-0.1, -0.05) is 0 Å². The minimum absolute atomic E-state index is 0.00407. The van der Waals surface area contributed by atoms with E-state index in [4.69, 9.17) is 4.74 Å². The Bertz CT molecular complexity index is 821. The van der Waals surface area contributed by atoms with Crippen molar-refractivity contribution >= 4 is 54.3 Å². The summed E-state index contributed by atoms with van der Waals surface area (Å²) >= 11 is 4.40. The second-order valence-electron chi connectivity index (χ2n) is 6.92. The first-order chi connectivity index (χ1) is 10.7. The summed E-state index contributed by atoms with van der Waals surface area (Å²) < 4.78 is 32.5. The number of hydrogen-bond acceptors (Lipinski definition) is 6. The summed E-state index contributed by atoms with van der Waals surface area (Å²) in [4.78, 5) is 24.9. The molecule has 0 radical (unpaired) electrons. The highest BCUT2D eigenvalue weighted by Crippen LogP contribution is 2.45. The summed E-state index contributed by atoms with van der Waals surface area (Å²) in [5, 5.41) is 2.78. The van der Waals surface area contributed by atoms with Crippen LogP contribution in [0.4, 0.5) is 9.80 Å². The maximum atomic E-state index is 13.0. The van der Waals surface area contributed by atoms with Gasteiger partial charge >= 0.3 is 12.0 Å². The third-order valence-corrected chi connectivity index (χ3v) is 7.68.